The van der Waals surface area contributed by atoms with Crippen LogP contribution in [0.15, 0.2) is 22.5 Å². The molecular weight excluding hydrogens is 433 g/mol. The third-order valence-corrected chi connectivity index (χ3v) is 5.72. The van der Waals surface area contributed by atoms with Gasteiger partial charge in [-0.25, -0.2) is 0 Å². The lowest BCUT2D eigenvalue weighted by atomic mass is 9.67. The van der Waals surface area contributed by atoms with E-state index in [1.165, 1.54) is 24.1 Å². The first-order valence-corrected chi connectivity index (χ1v) is 9.58. The normalized spacial score (nSPS) is 16.2. The van der Waals surface area contributed by atoms with Gasteiger partial charge in [0.05, 0.1) is 0 Å². The van der Waals surface area contributed by atoms with Crippen molar-refractivity contribution >= 4 is 41.3 Å². The number of guanidine groups is 1. The van der Waals surface area contributed by atoms with E-state index in [0.717, 1.165) is 45.0 Å². The summed E-state index contributed by atoms with van der Waals surface area (Å²) in [5.41, 5.74) is 0.380. The maximum absolute atomic E-state index is 5.28. The van der Waals surface area contributed by atoms with Gasteiger partial charge < -0.3 is 15.0 Å². The summed E-state index contributed by atoms with van der Waals surface area (Å²) in [6.07, 6.45) is 6.12. The highest BCUT2D eigenvalue weighted by molar-refractivity contribution is 14.0. The standard InChI is InChI=1S/C18H31N3OS.HI/c1-4-19-17(21(2)12-8-16-7-5-14-23-16)20-15-18(9-6-10-18)11-13-22-3;/h5,7,14H,4,6,8-13,15H2,1-3H3,(H,19,20);1H. The molecule has 0 bridgehead atoms. The van der Waals surface area contributed by atoms with Gasteiger partial charge in [0, 0.05) is 45.3 Å². The van der Waals surface area contributed by atoms with E-state index >= 15 is 0 Å². The van der Waals surface area contributed by atoms with Crippen molar-refractivity contribution in [1.82, 2.24) is 10.2 Å². The van der Waals surface area contributed by atoms with E-state index in [2.05, 4.69) is 41.7 Å². The van der Waals surface area contributed by atoms with Crippen LogP contribution >= 0.6 is 35.3 Å². The zero-order valence-corrected chi connectivity index (χ0v) is 18.4. The van der Waals surface area contributed by atoms with Crippen LogP contribution in [0, 0.1) is 5.41 Å². The maximum atomic E-state index is 5.28. The Kier molecular flexibility index (Phi) is 10.2. The van der Waals surface area contributed by atoms with Crippen molar-refractivity contribution in [2.75, 3.05) is 40.4 Å². The first-order chi connectivity index (χ1) is 11.2. The van der Waals surface area contributed by atoms with Crippen LogP contribution in [0.3, 0.4) is 0 Å². The van der Waals surface area contributed by atoms with Gasteiger partial charge in [-0.05, 0) is 49.5 Å². The number of rotatable bonds is 9. The van der Waals surface area contributed by atoms with Gasteiger partial charge in [0.25, 0.3) is 0 Å². The third-order valence-electron chi connectivity index (χ3n) is 4.79. The molecule has 0 atom stereocenters. The maximum Gasteiger partial charge on any atom is 0.193 e. The van der Waals surface area contributed by atoms with Gasteiger partial charge in [-0.3, -0.25) is 4.99 Å². The first kappa shape index (κ1) is 21.7. The fraction of sp³-hybridized carbons (Fsp3) is 0.722. The Balaban J connectivity index is 0.00000288. The van der Waals surface area contributed by atoms with Gasteiger partial charge in [-0.2, -0.15) is 0 Å². The summed E-state index contributed by atoms with van der Waals surface area (Å²) in [5, 5.41) is 5.58. The van der Waals surface area contributed by atoms with E-state index in [-0.39, 0.29) is 24.0 Å². The van der Waals surface area contributed by atoms with E-state index in [0.29, 0.717) is 5.41 Å². The Labute approximate surface area is 168 Å². The van der Waals surface area contributed by atoms with E-state index in [9.17, 15) is 0 Å². The molecule has 1 aliphatic carbocycles. The minimum Gasteiger partial charge on any atom is -0.385 e. The summed E-state index contributed by atoms with van der Waals surface area (Å²) in [7, 11) is 3.93. The Morgan fingerprint density at radius 1 is 1.46 bits per heavy atom. The fourth-order valence-electron chi connectivity index (χ4n) is 3.03. The smallest absolute Gasteiger partial charge is 0.193 e. The molecule has 0 radical (unpaired) electrons. The summed E-state index contributed by atoms with van der Waals surface area (Å²) in [5.74, 6) is 1.03. The molecule has 0 amide bonds. The molecule has 1 heterocycles. The minimum absolute atomic E-state index is 0. The number of thiophene rings is 1. The first-order valence-electron chi connectivity index (χ1n) is 8.70. The zero-order valence-electron chi connectivity index (χ0n) is 15.2. The van der Waals surface area contributed by atoms with Crippen molar-refractivity contribution < 1.29 is 4.74 Å². The summed E-state index contributed by atoms with van der Waals surface area (Å²) in [4.78, 5) is 8.63. The molecule has 0 spiro atoms. The Morgan fingerprint density at radius 3 is 2.79 bits per heavy atom. The van der Waals surface area contributed by atoms with E-state index in [4.69, 9.17) is 9.73 Å². The summed E-state index contributed by atoms with van der Waals surface area (Å²) in [6, 6.07) is 4.33. The molecule has 1 fully saturated rings. The highest BCUT2D eigenvalue weighted by Crippen LogP contribution is 2.44. The van der Waals surface area contributed by atoms with Gasteiger partial charge in [0.2, 0.25) is 0 Å². The van der Waals surface area contributed by atoms with Crippen molar-refractivity contribution in [2.24, 2.45) is 10.4 Å². The van der Waals surface area contributed by atoms with Gasteiger partial charge in [-0.1, -0.05) is 12.5 Å². The molecule has 4 nitrogen and oxygen atoms in total. The molecule has 1 saturated carbocycles. The molecule has 1 N–H and O–H groups in total. The van der Waals surface area contributed by atoms with Crippen molar-refractivity contribution in [2.45, 2.75) is 39.0 Å². The van der Waals surface area contributed by atoms with Crippen LogP contribution in [-0.4, -0.2) is 51.3 Å². The average molecular weight is 465 g/mol. The highest BCUT2D eigenvalue weighted by Gasteiger charge is 2.36. The van der Waals surface area contributed by atoms with Crippen LogP contribution in [0.1, 0.15) is 37.5 Å². The van der Waals surface area contributed by atoms with Crippen LogP contribution in [0.2, 0.25) is 0 Å². The molecule has 1 aliphatic rings. The number of likely N-dealkylation sites (N-methyl/N-ethyl adjacent to an activating group) is 1. The Morgan fingerprint density at radius 2 is 2.25 bits per heavy atom. The molecule has 0 saturated heterocycles. The molecule has 1 aromatic rings. The summed E-state index contributed by atoms with van der Waals surface area (Å²) < 4.78 is 5.28. The minimum atomic E-state index is 0. The van der Waals surface area contributed by atoms with E-state index in [1.807, 2.05) is 11.3 Å². The fourth-order valence-corrected chi connectivity index (χ4v) is 3.73. The van der Waals surface area contributed by atoms with Crippen LogP contribution in [0.4, 0.5) is 0 Å². The third kappa shape index (κ3) is 6.52. The summed E-state index contributed by atoms with van der Waals surface area (Å²) >= 11 is 1.83. The topological polar surface area (TPSA) is 36.9 Å². The lowest BCUT2D eigenvalue weighted by Crippen LogP contribution is -2.42. The Bertz CT molecular complexity index is 475. The SMILES string of the molecule is CCNC(=NCC1(CCOC)CCC1)N(C)CCc1cccs1.I. The molecular formula is C18H32IN3OS. The monoisotopic (exact) mass is 465 g/mol. The number of nitrogens with zero attached hydrogens (tertiary/aromatic N) is 2. The number of nitrogens with one attached hydrogen (secondary N) is 1. The number of halogens is 1. The molecule has 0 unspecified atom stereocenters. The second-order valence-electron chi connectivity index (χ2n) is 6.52. The van der Waals surface area contributed by atoms with Crippen LogP contribution < -0.4 is 5.32 Å². The zero-order chi connectivity index (χ0) is 16.5. The van der Waals surface area contributed by atoms with Gasteiger partial charge in [-0.15, -0.1) is 35.3 Å². The second kappa shape index (κ2) is 11.3. The van der Waals surface area contributed by atoms with Crippen molar-refractivity contribution in [3.63, 3.8) is 0 Å². The molecule has 1 aromatic heterocycles. The highest BCUT2D eigenvalue weighted by atomic mass is 127. The van der Waals surface area contributed by atoms with Crippen molar-refractivity contribution in [1.29, 1.82) is 0 Å². The number of ether oxygens (including phenoxy) is 1. The molecule has 0 aromatic carbocycles. The van der Waals surface area contributed by atoms with Gasteiger partial charge in [0.1, 0.15) is 0 Å². The van der Waals surface area contributed by atoms with Crippen LogP contribution in [0.25, 0.3) is 0 Å². The molecule has 0 aliphatic heterocycles. The van der Waals surface area contributed by atoms with Gasteiger partial charge >= 0.3 is 0 Å². The lowest BCUT2D eigenvalue weighted by molar-refractivity contribution is 0.0776. The average Bonchev–Trinajstić information content (AvgIpc) is 3.03. The van der Waals surface area contributed by atoms with Crippen LogP contribution in [-0.2, 0) is 11.2 Å². The number of aliphatic imine (C=N–C) groups is 1. The van der Waals surface area contributed by atoms with Gasteiger partial charge in [0.15, 0.2) is 5.96 Å². The van der Waals surface area contributed by atoms with Crippen molar-refractivity contribution in [3.05, 3.63) is 22.4 Å². The molecule has 24 heavy (non-hydrogen) atoms. The van der Waals surface area contributed by atoms with Crippen molar-refractivity contribution in [3.8, 4) is 0 Å². The largest absolute Gasteiger partial charge is 0.385 e. The molecule has 138 valence electrons. The Hall–Kier alpha value is -0.340. The number of methoxy groups -OCH3 is 1. The predicted octanol–water partition coefficient (Wildman–Crippen LogP) is 4.01. The lowest BCUT2D eigenvalue weighted by Gasteiger charge is -2.41. The van der Waals surface area contributed by atoms with E-state index in [1.54, 1.807) is 7.11 Å². The number of hydrogen-bond donors (Lipinski definition) is 1. The second-order valence-corrected chi connectivity index (χ2v) is 7.55. The quantitative estimate of drug-likeness (QED) is 0.340. The van der Waals surface area contributed by atoms with Crippen LogP contribution in [0.5, 0.6) is 0 Å². The molecule has 6 heteroatoms. The summed E-state index contributed by atoms with van der Waals surface area (Å²) in [6.45, 7) is 5.81. The predicted molar refractivity (Wildman–Crippen MR) is 115 cm³/mol. The molecule has 2 rings (SSSR count). The number of hydrogen-bond acceptors (Lipinski definition) is 3. The van der Waals surface area contributed by atoms with E-state index < -0.39 is 0 Å².